The van der Waals surface area contributed by atoms with E-state index in [0.717, 1.165) is 4.90 Å². The molecule has 0 bridgehead atoms. The normalized spacial score (nSPS) is 22.0. The Morgan fingerprint density at radius 1 is 1.29 bits per heavy atom. The molecule has 0 aliphatic carbocycles. The van der Waals surface area contributed by atoms with Crippen molar-refractivity contribution in [1.82, 2.24) is 4.90 Å². The van der Waals surface area contributed by atoms with E-state index < -0.39 is 42.1 Å². The maximum atomic E-state index is 13.5. The van der Waals surface area contributed by atoms with Crippen molar-refractivity contribution >= 4 is 17.8 Å². The molecule has 0 spiro atoms. The summed E-state index contributed by atoms with van der Waals surface area (Å²) < 4.78 is 23.4. The van der Waals surface area contributed by atoms with Gasteiger partial charge in [0.2, 0.25) is 0 Å². The van der Waals surface area contributed by atoms with Crippen molar-refractivity contribution < 1.29 is 28.2 Å². The second-order valence-corrected chi connectivity index (χ2v) is 5.93. The molecule has 0 aromatic heterocycles. The Hall–Kier alpha value is -1.66. The van der Waals surface area contributed by atoms with Gasteiger partial charge in [-0.25, -0.2) is 9.18 Å². The topological polar surface area (TPSA) is 72.9 Å². The first kappa shape index (κ1) is 17.4. The van der Waals surface area contributed by atoms with E-state index in [4.69, 9.17) is 4.74 Å². The Labute approximate surface area is 123 Å². The summed E-state index contributed by atoms with van der Waals surface area (Å²) in [5.41, 5.74) is -0.736. The van der Waals surface area contributed by atoms with Gasteiger partial charge in [0.15, 0.2) is 5.78 Å². The van der Waals surface area contributed by atoms with Gasteiger partial charge in [0.1, 0.15) is 18.2 Å². The summed E-state index contributed by atoms with van der Waals surface area (Å²) in [6.45, 7) is 6.64. The molecule has 1 unspecified atom stereocenters. The zero-order valence-electron chi connectivity index (χ0n) is 12.8. The van der Waals surface area contributed by atoms with Gasteiger partial charge in [0.05, 0.1) is 19.2 Å². The summed E-state index contributed by atoms with van der Waals surface area (Å²) in [5.74, 6) is -1.20. The van der Waals surface area contributed by atoms with Crippen LogP contribution in [0.3, 0.4) is 0 Å². The predicted molar refractivity (Wildman–Crippen MR) is 72.5 cm³/mol. The minimum absolute atomic E-state index is 0.114. The Balaban J connectivity index is 2.72. The molecule has 6 nitrogen and oxygen atoms in total. The van der Waals surface area contributed by atoms with Gasteiger partial charge in [0, 0.05) is 6.42 Å². The van der Waals surface area contributed by atoms with Crippen LogP contribution in [-0.4, -0.2) is 53.7 Å². The fraction of sp³-hybridized carbons (Fsp3) is 0.786. The van der Waals surface area contributed by atoms with E-state index in [1.165, 1.54) is 0 Å². The summed E-state index contributed by atoms with van der Waals surface area (Å²) in [6, 6.07) is -0.973. The number of hydrogen-bond donors (Lipinski definition) is 0. The predicted octanol–water partition coefficient (Wildman–Crippen LogP) is 1.86. The number of halogens is 1. The van der Waals surface area contributed by atoms with Gasteiger partial charge in [-0.1, -0.05) is 0 Å². The molecule has 1 aliphatic heterocycles. The highest BCUT2D eigenvalue weighted by Crippen LogP contribution is 2.24. The molecule has 0 N–H and O–H groups in total. The first-order valence-corrected chi connectivity index (χ1v) is 6.96. The summed E-state index contributed by atoms with van der Waals surface area (Å²) >= 11 is 0. The molecular formula is C14H22FNO5. The number of hydrogen-bond acceptors (Lipinski definition) is 5. The molecule has 7 heteroatoms. The van der Waals surface area contributed by atoms with Gasteiger partial charge in [-0.3, -0.25) is 14.5 Å². The first-order chi connectivity index (χ1) is 9.64. The lowest BCUT2D eigenvalue weighted by Gasteiger charge is -2.27. The summed E-state index contributed by atoms with van der Waals surface area (Å²) in [7, 11) is 0. The highest BCUT2D eigenvalue weighted by molar-refractivity contribution is 5.99. The maximum Gasteiger partial charge on any atom is 0.411 e. The largest absolute Gasteiger partial charge is 0.466 e. The van der Waals surface area contributed by atoms with Crippen LogP contribution in [0.1, 0.15) is 40.5 Å². The van der Waals surface area contributed by atoms with E-state index in [2.05, 4.69) is 4.74 Å². The number of carbonyl (C=O) groups is 3. The van der Waals surface area contributed by atoms with Crippen LogP contribution in [0.2, 0.25) is 0 Å². The number of carbonyl (C=O) groups excluding carboxylic acids is 3. The van der Waals surface area contributed by atoms with Gasteiger partial charge in [0.25, 0.3) is 0 Å². The highest BCUT2D eigenvalue weighted by atomic mass is 19.1. The lowest BCUT2D eigenvalue weighted by atomic mass is 10.1. The number of esters is 1. The standard InChI is InChI=1S/C14H22FNO5/c1-5-20-12(18)7-11(17)10-6-9(15)8-16(10)13(19)21-14(2,3)4/h9-10H,5-8H2,1-4H3/t9?,10-/m1/s1. The summed E-state index contributed by atoms with van der Waals surface area (Å²) in [5, 5.41) is 0. The van der Waals surface area contributed by atoms with E-state index in [-0.39, 0.29) is 19.6 Å². The fourth-order valence-electron chi connectivity index (χ4n) is 2.08. The van der Waals surface area contributed by atoms with Crippen molar-refractivity contribution in [2.75, 3.05) is 13.2 Å². The number of alkyl halides is 1. The Morgan fingerprint density at radius 3 is 2.43 bits per heavy atom. The molecule has 1 aliphatic rings. The number of nitrogens with zero attached hydrogens (tertiary/aromatic N) is 1. The van der Waals surface area contributed by atoms with Crippen LogP contribution in [0.5, 0.6) is 0 Å². The van der Waals surface area contributed by atoms with Crippen molar-refractivity contribution in [2.24, 2.45) is 0 Å². The quantitative estimate of drug-likeness (QED) is 0.585. The molecule has 0 aromatic rings. The van der Waals surface area contributed by atoms with Crippen LogP contribution in [0.4, 0.5) is 9.18 Å². The molecule has 0 saturated carbocycles. The van der Waals surface area contributed by atoms with Gasteiger partial charge >= 0.3 is 12.1 Å². The number of ether oxygens (including phenoxy) is 2. The van der Waals surface area contributed by atoms with Gasteiger partial charge < -0.3 is 9.47 Å². The van der Waals surface area contributed by atoms with E-state index in [0.29, 0.717) is 0 Å². The average molecular weight is 303 g/mol. The van der Waals surface area contributed by atoms with Crippen LogP contribution < -0.4 is 0 Å². The van der Waals surface area contributed by atoms with Gasteiger partial charge in [-0.2, -0.15) is 0 Å². The number of ketones is 1. The van der Waals surface area contributed by atoms with E-state index in [1.807, 2.05) is 0 Å². The van der Waals surface area contributed by atoms with Crippen molar-refractivity contribution in [3.05, 3.63) is 0 Å². The van der Waals surface area contributed by atoms with E-state index >= 15 is 0 Å². The van der Waals surface area contributed by atoms with Crippen LogP contribution in [0.25, 0.3) is 0 Å². The van der Waals surface area contributed by atoms with Crippen LogP contribution in [0.15, 0.2) is 0 Å². The molecule has 0 aromatic carbocycles. The molecule has 1 rings (SSSR count). The molecule has 1 heterocycles. The van der Waals surface area contributed by atoms with E-state index in [9.17, 15) is 18.8 Å². The van der Waals surface area contributed by atoms with Gasteiger partial charge in [-0.15, -0.1) is 0 Å². The van der Waals surface area contributed by atoms with Crippen LogP contribution >= 0.6 is 0 Å². The second-order valence-electron chi connectivity index (χ2n) is 5.93. The number of rotatable bonds is 4. The van der Waals surface area contributed by atoms with Gasteiger partial charge in [-0.05, 0) is 27.7 Å². The first-order valence-electron chi connectivity index (χ1n) is 6.96. The lowest BCUT2D eigenvalue weighted by molar-refractivity contribution is -0.146. The molecule has 120 valence electrons. The summed E-state index contributed by atoms with van der Waals surface area (Å²) in [4.78, 5) is 36.4. The number of Topliss-reactive ketones (excluding diaryl/α,β-unsaturated/α-hetero) is 1. The molecule has 21 heavy (non-hydrogen) atoms. The summed E-state index contributed by atoms with van der Waals surface area (Å²) in [6.07, 6.45) is -2.62. The van der Waals surface area contributed by atoms with Crippen molar-refractivity contribution in [3.8, 4) is 0 Å². The van der Waals surface area contributed by atoms with Crippen LogP contribution in [0, 0.1) is 0 Å². The molecule has 1 saturated heterocycles. The van der Waals surface area contributed by atoms with Crippen molar-refractivity contribution in [3.63, 3.8) is 0 Å². The third-order valence-electron chi connectivity index (χ3n) is 2.87. The Bertz CT molecular complexity index is 418. The highest BCUT2D eigenvalue weighted by Gasteiger charge is 2.41. The number of amides is 1. The average Bonchev–Trinajstić information content (AvgIpc) is 2.69. The molecular weight excluding hydrogens is 281 g/mol. The second kappa shape index (κ2) is 6.87. The smallest absolute Gasteiger partial charge is 0.411 e. The minimum Gasteiger partial charge on any atom is -0.466 e. The molecule has 1 fully saturated rings. The zero-order chi connectivity index (χ0) is 16.2. The SMILES string of the molecule is CCOC(=O)CC(=O)[C@H]1CC(F)CN1C(=O)OC(C)(C)C. The number of likely N-dealkylation sites (tertiary alicyclic amines) is 1. The maximum absolute atomic E-state index is 13.5. The van der Waals surface area contributed by atoms with E-state index in [1.54, 1.807) is 27.7 Å². The lowest BCUT2D eigenvalue weighted by Crippen LogP contribution is -2.44. The fourth-order valence-corrected chi connectivity index (χ4v) is 2.08. The van der Waals surface area contributed by atoms with Crippen molar-refractivity contribution in [2.45, 2.75) is 58.4 Å². The molecule has 0 radical (unpaired) electrons. The molecule has 1 amide bonds. The third kappa shape index (κ3) is 5.32. The molecule has 2 atom stereocenters. The Morgan fingerprint density at radius 2 is 1.90 bits per heavy atom. The van der Waals surface area contributed by atoms with Crippen LogP contribution in [-0.2, 0) is 19.1 Å². The monoisotopic (exact) mass is 303 g/mol. The zero-order valence-corrected chi connectivity index (χ0v) is 12.8. The third-order valence-corrected chi connectivity index (χ3v) is 2.87. The Kier molecular flexibility index (Phi) is 5.69. The minimum atomic E-state index is -1.30. The van der Waals surface area contributed by atoms with Crippen molar-refractivity contribution in [1.29, 1.82) is 0 Å².